The van der Waals surface area contributed by atoms with Gasteiger partial charge in [-0.1, -0.05) is 102 Å². The molecule has 200 valence electrons. The van der Waals surface area contributed by atoms with E-state index in [4.69, 9.17) is 4.74 Å². The summed E-state index contributed by atoms with van der Waals surface area (Å²) in [6.07, 6.45) is 12.3. The van der Waals surface area contributed by atoms with Crippen molar-refractivity contribution in [1.29, 1.82) is 0 Å². The zero-order chi connectivity index (χ0) is 26.7. The van der Waals surface area contributed by atoms with Gasteiger partial charge in [0.1, 0.15) is 5.75 Å². The Hall–Kier alpha value is -2.66. The van der Waals surface area contributed by atoms with Gasteiger partial charge in [-0.2, -0.15) is 4.57 Å². The number of benzene rings is 2. The molecule has 0 aliphatic carbocycles. The van der Waals surface area contributed by atoms with Crippen molar-refractivity contribution in [2.24, 2.45) is 0 Å². The number of ether oxygens (including phenoxy) is 1. The molecule has 2 aromatic carbocycles. The van der Waals surface area contributed by atoms with Crippen LogP contribution in [0.2, 0.25) is 0 Å². The van der Waals surface area contributed by atoms with E-state index in [1.54, 1.807) is 11.3 Å². The largest absolute Gasteiger partial charge is 0.493 e. The van der Waals surface area contributed by atoms with Gasteiger partial charge in [0.2, 0.25) is 5.51 Å². The number of nitrogens with one attached hydrogen (secondary N) is 1. The molecule has 1 amide bonds. The number of hydrogen-bond donors (Lipinski definition) is 1. The van der Waals surface area contributed by atoms with E-state index in [9.17, 15) is 4.79 Å². The highest BCUT2D eigenvalue weighted by Crippen LogP contribution is 2.34. The fraction of sp³-hybridized carbons (Fsp3) is 0.500. The van der Waals surface area contributed by atoms with E-state index in [0.717, 1.165) is 35.5 Å². The molecular weight excluding hydrogens is 476 g/mol. The van der Waals surface area contributed by atoms with E-state index < -0.39 is 0 Å². The van der Waals surface area contributed by atoms with Crippen LogP contribution in [0.25, 0.3) is 0 Å². The van der Waals surface area contributed by atoms with Crippen LogP contribution in [0.15, 0.2) is 54.2 Å². The average molecular weight is 522 g/mol. The van der Waals surface area contributed by atoms with Gasteiger partial charge in [0, 0.05) is 22.9 Å². The van der Waals surface area contributed by atoms with Crippen LogP contribution < -0.4 is 14.6 Å². The second-order valence-electron chi connectivity index (χ2n) is 11.1. The molecule has 5 heteroatoms. The van der Waals surface area contributed by atoms with Crippen LogP contribution in [-0.4, -0.2) is 12.5 Å². The highest BCUT2D eigenvalue weighted by Gasteiger charge is 2.20. The van der Waals surface area contributed by atoms with Gasteiger partial charge in [-0.25, -0.2) is 0 Å². The Morgan fingerprint density at radius 2 is 1.70 bits per heavy atom. The quantitative estimate of drug-likeness (QED) is 0.171. The van der Waals surface area contributed by atoms with Crippen LogP contribution in [0.3, 0.4) is 0 Å². The van der Waals surface area contributed by atoms with Gasteiger partial charge in [0.05, 0.1) is 11.5 Å². The summed E-state index contributed by atoms with van der Waals surface area (Å²) < 4.78 is 8.42. The number of aryl methyl sites for hydroxylation is 1. The van der Waals surface area contributed by atoms with E-state index in [-0.39, 0.29) is 11.3 Å². The smallest absolute Gasteiger partial charge is 0.255 e. The molecule has 0 aliphatic heterocycles. The van der Waals surface area contributed by atoms with Gasteiger partial charge in [-0.3, -0.25) is 4.79 Å². The molecule has 1 N–H and O–H groups in total. The molecule has 0 saturated carbocycles. The van der Waals surface area contributed by atoms with Gasteiger partial charge < -0.3 is 10.1 Å². The van der Waals surface area contributed by atoms with Crippen molar-refractivity contribution in [2.75, 3.05) is 11.9 Å². The first-order chi connectivity index (χ1) is 17.8. The topological polar surface area (TPSA) is 42.2 Å². The zero-order valence-corrected chi connectivity index (χ0v) is 24.3. The van der Waals surface area contributed by atoms with Gasteiger partial charge in [0.15, 0.2) is 12.7 Å². The third-order valence-corrected chi connectivity index (χ3v) is 7.43. The molecule has 0 unspecified atom stereocenters. The highest BCUT2D eigenvalue weighted by molar-refractivity contribution is 7.09. The van der Waals surface area contributed by atoms with Crippen LogP contribution in [0, 0.1) is 6.92 Å². The molecule has 0 fully saturated rings. The van der Waals surface area contributed by atoms with E-state index in [1.807, 2.05) is 30.3 Å². The lowest BCUT2D eigenvalue weighted by atomic mass is 9.86. The molecule has 0 spiro atoms. The molecule has 0 atom stereocenters. The fourth-order valence-corrected chi connectivity index (χ4v) is 5.14. The summed E-state index contributed by atoms with van der Waals surface area (Å²) in [6, 6.07) is 13.9. The Balaban J connectivity index is 1.59. The Bertz CT molecular complexity index is 1130. The van der Waals surface area contributed by atoms with E-state index >= 15 is 0 Å². The van der Waals surface area contributed by atoms with Crippen LogP contribution in [0.5, 0.6) is 5.75 Å². The lowest BCUT2D eigenvalue weighted by Gasteiger charge is -2.23. The maximum atomic E-state index is 13.1. The number of rotatable bonds is 14. The van der Waals surface area contributed by atoms with Crippen molar-refractivity contribution in [3.63, 3.8) is 0 Å². The molecule has 0 saturated heterocycles. The van der Waals surface area contributed by atoms with E-state index in [1.165, 1.54) is 49.8 Å². The number of amides is 1. The summed E-state index contributed by atoms with van der Waals surface area (Å²) in [5.41, 5.74) is 5.75. The molecule has 3 rings (SSSR count). The third kappa shape index (κ3) is 9.62. The minimum Gasteiger partial charge on any atom is -0.493 e. The summed E-state index contributed by atoms with van der Waals surface area (Å²) >= 11 is 1.72. The Kier molecular flexibility index (Phi) is 11.2. The monoisotopic (exact) mass is 521 g/mol. The van der Waals surface area contributed by atoms with Crippen molar-refractivity contribution in [3.05, 3.63) is 75.7 Å². The van der Waals surface area contributed by atoms with Crippen molar-refractivity contribution in [2.45, 2.75) is 97.9 Å². The number of carbonyl (C=O) groups is 1. The van der Waals surface area contributed by atoms with Crippen LogP contribution in [-0.2, 0) is 12.0 Å². The Morgan fingerprint density at radius 1 is 0.973 bits per heavy atom. The van der Waals surface area contributed by atoms with Gasteiger partial charge in [0.25, 0.3) is 5.91 Å². The molecule has 3 aromatic rings. The Morgan fingerprint density at radius 3 is 2.38 bits per heavy atom. The molecular formula is C32H45N2O2S+. The fourth-order valence-electron chi connectivity index (χ4n) is 4.51. The number of unbranched alkanes of at least 4 members (excludes halogenated alkanes) is 7. The lowest BCUT2D eigenvalue weighted by Crippen LogP contribution is -2.30. The lowest BCUT2D eigenvalue weighted by molar-refractivity contribution is -0.683. The molecule has 1 heterocycles. The number of aromatic nitrogens is 1. The first-order valence-corrected chi connectivity index (χ1v) is 14.8. The number of anilines is 1. The minimum atomic E-state index is -0.106. The maximum Gasteiger partial charge on any atom is 0.255 e. The molecule has 0 bridgehead atoms. The van der Waals surface area contributed by atoms with Gasteiger partial charge in [-0.15, -0.1) is 0 Å². The predicted octanol–water partition coefficient (Wildman–Crippen LogP) is 8.46. The number of thiazole rings is 1. The second-order valence-corrected chi connectivity index (χ2v) is 12.2. The summed E-state index contributed by atoms with van der Waals surface area (Å²) in [4.78, 5) is 14.4. The maximum absolute atomic E-state index is 13.1. The number of nitrogens with zero attached hydrogens (tertiary/aromatic N) is 1. The normalized spacial score (nSPS) is 11.5. The first kappa shape index (κ1) is 28.9. The predicted molar refractivity (Wildman–Crippen MR) is 156 cm³/mol. The van der Waals surface area contributed by atoms with Crippen molar-refractivity contribution in [1.82, 2.24) is 0 Å². The van der Waals surface area contributed by atoms with Crippen molar-refractivity contribution in [3.8, 4) is 5.75 Å². The van der Waals surface area contributed by atoms with Crippen LogP contribution in [0.4, 0.5) is 5.69 Å². The van der Waals surface area contributed by atoms with Crippen LogP contribution >= 0.6 is 11.3 Å². The summed E-state index contributed by atoms with van der Waals surface area (Å²) in [6.45, 7) is 12.4. The molecule has 1 aromatic heterocycles. The third-order valence-electron chi connectivity index (χ3n) is 6.58. The number of carbonyl (C=O) groups excluding carboxylic acids is 1. The summed E-state index contributed by atoms with van der Waals surface area (Å²) in [5.74, 6) is 0.761. The standard InChI is InChI=1S/C32H44N2O2S/c1-6-7-8-9-10-11-12-13-19-36-30-21-28(17-18-29(30)32(3,4)5)33-31(35)27-16-14-15-26(20-27)23-34-22-25(2)37-24-34/h14-18,20-22,24H,6-13,19,23H2,1-5H3/p+1. The zero-order valence-electron chi connectivity index (χ0n) is 23.4. The SMILES string of the molecule is CCCCCCCCCCOc1cc(NC(=O)c2cccc(C[n+]3csc(C)c3)c2)ccc1C(C)(C)C. The molecule has 0 aliphatic rings. The first-order valence-electron chi connectivity index (χ1n) is 13.9. The molecule has 0 radical (unpaired) electrons. The Labute approximate surface area is 228 Å². The highest BCUT2D eigenvalue weighted by atomic mass is 32.1. The van der Waals surface area contributed by atoms with Gasteiger partial charge >= 0.3 is 0 Å². The number of hydrogen-bond acceptors (Lipinski definition) is 3. The van der Waals surface area contributed by atoms with Crippen molar-refractivity contribution >= 4 is 22.9 Å². The second kappa shape index (κ2) is 14.3. The molecule has 4 nitrogen and oxygen atoms in total. The van der Waals surface area contributed by atoms with Crippen molar-refractivity contribution < 1.29 is 14.1 Å². The van der Waals surface area contributed by atoms with Crippen LogP contribution in [0.1, 0.15) is 105 Å². The summed E-state index contributed by atoms with van der Waals surface area (Å²) in [7, 11) is 0. The van der Waals surface area contributed by atoms with E-state index in [2.05, 4.69) is 68.3 Å². The van der Waals surface area contributed by atoms with Gasteiger partial charge in [-0.05, 0) is 42.5 Å². The molecule has 37 heavy (non-hydrogen) atoms. The average Bonchev–Trinajstić information content (AvgIpc) is 3.27. The minimum absolute atomic E-state index is 0.0385. The summed E-state index contributed by atoms with van der Waals surface area (Å²) in [5, 5.41) is 3.08. The van der Waals surface area contributed by atoms with E-state index in [0.29, 0.717) is 12.2 Å².